The summed E-state index contributed by atoms with van der Waals surface area (Å²) in [6.07, 6.45) is 7.38. The second-order valence-electron chi connectivity index (χ2n) is 16.4. The van der Waals surface area contributed by atoms with E-state index in [9.17, 15) is 52.7 Å². The Kier molecular flexibility index (Phi) is 130. The van der Waals surface area contributed by atoms with Gasteiger partial charge in [-0.05, 0) is 34.6 Å². The molecular formula is C51H110B4ClN17O21. The number of nitrogens with one attached hydrogen (secondary N) is 5. The Morgan fingerprint density at radius 3 is 1.01 bits per heavy atom. The summed E-state index contributed by atoms with van der Waals surface area (Å²) in [5.74, 6) is 13.2. The number of primary amides is 1. The van der Waals surface area contributed by atoms with E-state index in [0.717, 1.165) is 10.0 Å². The Morgan fingerprint density at radius 2 is 0.798 bits per heavy atom. The molecule has 0 bridgehead atoms. The van der Waals surface area contributed by atoms with Gasteiger partial charge in [0.1, 0.15) is 31.8 Å². The van der Waals surface area contributed by atoms with E-state index in [1.165, 1.54) is 37.5 Å². The van der Waals surface area contributed by atoms with Crippen LogP contribution >= 0.6 is 12.4 Å². The number of nitrogens with two attached hydrogens (primary N) is 5. The Balaban J connectivity index is -0.0000000641. The average Bonchev–Trinajstić information content (AvgIpc) is 2.18. The number of carboxylic acids is 3. The van der Waals surface area contributed by atoms with Gasteiger partial charge in [-0.3, -0.25) is 31.9 Å². The molecule has 0 aliphatic rings. The van der Waals surface area contributed by atoms with Crippen LogP contribution in [0, 0.1) is 0 Å². The first-order valence-electron chi connectivity index (χ1n) is 27.7. The number of carbonyl (C=O) groups excluding carboxylic acids is 8. The van der Waals surface area contributed by atoms with Crippen molar-refractivity contribution in [1.29, 1.82) is 0 Å². The molecule has 0 aliphatic carbocycles. The van der Waals surface area contributed by atoms with Gasteiger partial charge < -0.3 is 35.6 Å². The van der Waals surface area contributed by atoms with E-state index in [1.807, 2.05) is 5.43 Å². The molecule has 544 valence electrons. The van der Waals surface area contributed by atoms with Crippen molar-refractivity contribution in [2.24, 2.45) is 48.7 Å². The molecule has 0 rings (SSSR count). The van der Waals surface area contributed by atoms with Gasteiger partial charge in [0.2, 0.25) is 0 Å². The van der Waals surface area contributed by atoms with Crippen LogP contribution in [0.2, 0.25) is 0 Å². The van der Waals surface area contributed by atoms with Crippen molar-refractivity contribution in [2.75, 3.05) is 112 Å². The van der Waals surface area contributed by atoms with Crippen LogP contribution in [0.4, 0.5) is 4.79 Å². The number of carboxylic acid groups (broad SMARTS) is 3. The predicted octanol–water partition coefficient (Wildman–Crippen LogP) is -2.16. The van der Waals surface area contributed by atoms with Gasteiger partial charge in [-0.15, -0.1) is 12.4 Å². The summed E-state index contributed by atoms with van der Waals surface area (Å²) in [5, 5.41) is 34.3. The van der Waals surface area contributed by atoms with Gasteiger partial charge in [-0.25, -0.2) is 21.1 Å². The summed E-state index contributed by atoms with van der Waals surface area (Å²) in [5.41, 5.74) is 15.9. The molecule has 0 aromatic heterocycles. The number of amides is 4. The quantitative estimate of drug-likeness (QED) is 0.00669. The molecular weight excluding hydrogens is 1270 g/mol. The predicted molar refractivity (Wildman–Crippen MR) is 360 cm³/mol. The first-order chi connectivity index (χ1) is 43.1. The zero-order valence-corrected chi connectivity index (χ0v) is 57.9. The zero-order valence-electron chi connectivity index (χ0n) is 57.1. The fourth-order valence-corrected chi connectivity index (χ4v) is 3.28. The molecule has 94 heavy (non-hydrogen) atoms. The summed E-state index contributed by atoms with van der Waals surface area (Å²) in [7, 11) is 18.9. The number of hydrazine groups is 6. The van der Waals surface area contributed by atoms with E-state index < -0.39 is 59.9 Å². The van der Waals surface area contributed by atoms with Crippen molar-refractivity contribution < 1.29 is 102 Å². The molecule has 0 saturated heterocycles. The molecule has 21 N–H and O–H groups in total. The van der Waals surface area contributed by atoms with E-state index in [0.29, 0.717) is 24.7 Å². The van der Waals surface area contributed by atoms with Gasteiger partial charge in [-0.2, -0.15) is 0 Å². The molecule has 0 unspecified atom stereocenters. The van der Waals surface area contributed by atoms with Gasteiger partial charge in [0.15, 0.2) is 0 Å². The molecule has 0 heterocycles. The van der Waals surface area contributed by atoms with E-state index in [2.05, 4.69) is 135 Å². The Labute approximate surface area is 564 Å². The monoisotopic (exact) mass is 1380 g/mol. The van der Waals surface area contributed by atoms with Crippen LogP contribution in [0.25, 0.3) is 0 Å². The second kappa shape index (κ2) is 102. The van der Waals surface area contributed by atoms with Crippen molar-refractivity contribution >= 4 is 109 Å². The third-order valence-electron chi connectivity index (χ3n) is 5.95. The van der Waals surface area contributed by atoms with E-state index in [1.54, 1.807) is 48.5 Å². The van der Waals surface area contributed by atoms with E-state index >= 15 is 0 Å². The fourth-order valence-electron chi connectivity index (χ4n) is 3.28. The van der Waals surface area contributed by atoms with Crippen LogP contribution in [-0.2, 0) is 71.6 Å². The minimum absolute atomic E-state index is 0. The van der Waals surface area contributed by atoms with Gasteiger partial charge in [0, 0.05) is 6.61 Å². The number of halogens is 1. The van der Waals surface area contributed by atoms with E-state index in [-0.39, 0.29) is 121 Å². The number of aliphatic hydroxyl groups excluding tert-OH is 1. The fraction of sp³-hybridized carbons (Fsp3) is 0.667. The normalized spacial score (nSPS) is 8.40. The van der Waals surface area contributed by atoms with Crippen LogP contribution in [0.1, 0.15) is 109 Å². The maximum atomic E-state index is 11.4. The number of hydrogen-bond donors (Lipinski definition) is 14. The molecule has 0 fully saturated rings. The SMILES string of the molecule is C=CCOC(=O)CNN.CC(C)(C)OC(N)=O.CCC.CCC.CCC.CCO.CCOC(=O)CNN.Cl.NNCC(=O)O.O.[B]=NCC(=O)N(CC(=O)O)NCC.[B]=NCC(=O)N(CC(=O)OCC=C)NCC.[B]=NCC(=O)N(N)CC(=O)OCC=C.[B]=NCC(=O)O. The number of aliphatic carboxylic acids is 3. The number of rotatable bonds is 31. The average molecular weight is 1380 g/mol. The van der Waals surface area contributed by atoms with Gasteiger partial charge in [-0.1, -0.05) is 73.5 Å². The molecule has 0 aromatic rings. The Hall–Kier alpha value is -7.50. The molecule has 0 atom stereocenters. The van der Waals surface area contributed by atoms with Crippen LogP contribution in [0.3, 0.4) is 0 Å². The van der Waals surface area contributed by atoms with Gasteiger partial charge in [0.05, 0.1) is 6.61 Å². The minimum atomic E-state index is -1.09. The number of esters is 4. The number of carbonyl (C=O) groups is 11. The van der Waals surface area contributed by atoms with Crippen LogP contribution in [-0.4, -0.2) is 254 Å². The van der Waals surface area contributed by atoms with Crippen LogP contribution in [0.5, 0.6) is 0 Å². The molecule has 4 amide bonds. The Morgan fingerprint density at radius 1 is 0.500 bits per heavy atom. The van der Waals surface area contributed by atoms with Gasteiger partial charge >= 0.3 is 312 Å². The van der Waals surface area contributed by atoms with E-state index in [4.69, 9.17) is 71.3 Å². The summed E-state index contributed by atoms with van der Waals surface area (Å²) >= 11 is 0. The molecule has 4 radical (unpaired) electrons. The summed E-state index contributed by atoms with van der Waals surface area (Å²) in [4.78, 5) is 128. The number of ether oxygens (including phenoxy) is 5. The topological polar surface area (TPSA) is 596 Å². The molecule has 0 aromatic carbocycles. The summed E-state index contributed by atoms with van der Waals surface area (Å²) in [6.45, 7) is 35.3. The molecule has 38 nitrogen and oxygen atoms in total. The molecule has 0 aliphatic heterocycles. The van der Waals surface area contributed by atoms with Crippen LogP contribution < -0.4 is 56.2 Å². The third kappa shape index (κ3) is 146. The van der Waals surface area contributed by atoms with Crippen molar-refractivity contribution in [1.82, 2.24) is 42.2 Å². The van der Waals surface area contributed by atoms with Crippen LogP contribution in [0.15, 0.2) is 57.5 Å². The van der Waals surface area contributed by atoms with Gasteiger partial charge in [0.25, 0.3) is 0 Å². The summed E-state index contributed by atoms with van der Waals surface area (Å²) in [6, 6.07) is 0. The number of aliphatic hydroxyl groups is 1. The third-order valence-corrected chi connectivity index (χ3v) is 5.95. The zero-order chi connectivity index (χ0) is 74.7. The number of hydrogen-bond acceptors (Lipinski definition) is 30. The Bertz CT molecular complexity index is 1930. The number of nitrogens with zero attached hydrogens (tertiary/aromatic N) is 7. The first-order valence-corrected chi connectivity index (χ1v) is 27.7. The van der Waals surface area contributed by atoms with Crippen molar-refractivity contribution in [3.8, 4) is 0 Å². The molecule has 0 spiro atoms. The first kappa shape index (κ1) is 120. The van der Waals surface area contributed by atoms with Crippen molar-refractivity contribution in [3.63, 3.8) is 0 Å². The molecule has 0 saturated carbocycles. The summed E-state index contributed by atoms with van der Waals surface area (Å²) < 4.78 is 23.0. The second-order valence-corrected chi connectivity index (χ2v) is 16.4. The maximum absolute atomic E-state index is 11.4. The standard InChI is InChI=1S/C9H15BN3O3.C7H11BN3O3.C6H11BN3O3.C5H10N2O2.C5H11NO2.C4H10N2O2.3C3H8.C2H3BNO2.C2H6N2O2.C2H6O.ClH.H2O/c1-3-5-16-9(15)7-13(12-4-2)8(14)6-11-10;1-2-3-14-7(13)5-11(9)6(12)4-10-8;1-2-9-10(4-6(12)13)5(11)3-8-7;1-2-3-9-5(8)4-7-6;1-5(2,3)8-4(6)7;1-2-8-4(7)3-6-5;3*1-3-2;2*3-4-1-2(5)6;1-2-3;;/h3,12H,1,4-7H2,2H3;2H,1,3-5,9H2;9H,2-4H2,1H3,(H,12,13);2,7H,1,3-4,6H2;1-3H3,(H2,6,7);6H,2-3,5H2,1H3;3*3H2,1-2H3;1H2,(H,5,6);4H,1,3H2,(H,5,6);3H,2H2,1H3;1H;1H2. The molecule has 43 heteroatoms. The van der Waals surface area contributed by atoms with Crippen molar-refractivity contribution in [2.45, 2.75) is 115 Å². The van der Waals surface area contributed by atoms with Crippen molar-refractivity contribution in [3.05, 3.63) is 38.0 Å².